The van der Waals surface area contributed by atoms with Gasteiger partial charge in [-0.1, -0.05) is 19.3 Å². The molecule has 0 radical (unpaired) electrons. The molecular weight excluding hydrogens is 326 g/mol. The third-order valence-corrected chi connectivity index (χ3v) is 8.13. The van der Waals surface area contributed by atoms with Crippen molar-refractivity contribution in [1.82, 2.24) is 0 Å². The molecule has 10 heteroatoms. The quantitative estimate of drug-likeness (QED) is 0.303. The van der Waals surface area contributed by atoms with Crippen LogP contribution in [0.5, 0.6) is 0 Å². The van der Waals surface area contributed by atoms with Gasteiger partial charge in [0, 0.05) is 6.42 Å². The van der Waals surface area contributed by atoms with E-state index in [0.717, 1.165) is 25.7 Å². The van der Waals surface area contributed by atoms with Crippen molar-refractivity contribution in [2.45, 2.75) is 43.6 Å². The van der Waals surface area contributed by atoms with Gasteiger partial charge in [0.15, 0.2) is 0 Å². The molecule has 1 saturated carbocycles. The minimum absolute atomic E-state index is 0.117. The normalized spacial score (nSPS) is 25.1. The van der Waals surface area contributed by atoms with E-state index in [1.807, 2.05) is 0 Å². The molecular formula is C10H22O7P2S. The summed E-state index contributed by atoms with van der Waals surface area (Å²) in [5, 5.41) is 6.68. The largest absolute Gasteiger partial charge is 0.369 e. The maximum atomic E-state index is 11.3. The van der Waals surface area contributed by atoms with E-state index in [2.05, 4.69) is 12.6 Å². The van der Waals surface area contributed by atoms with E-state index >= 15 is 0 Å². The summed E-state index contributed by atoms with van der Waals surface area (Å²) in [4.78, 5) is 36.6. The lowest BCUT2D eigenvalue weighted by molar-refractivity contribution is 0.0979. The lowest BCUT2D eigenvalue weighted by atomic mass is 9.89. The molecule has 0 aromatic carbocycles. The van der Waals surface area contributed by atoms with Gasteiger partial charge in [0.2, 0.25) is 0 Å². The Bertz CT molecular complexity index is 396. The van der Waals surface area contributed by atoms with Crippen molar-refractivity contribution in [1.29, 1.82) is 0 Å². The third-order valence-electron chi connectivity index (χ3n) is 4.02. The van der Waals surface area contributed by atoms with Crippen LogP contribution in [0.15, 0.2) is 0 Å². The molecule has 1 rings (SSSR count). The zero-order chi connectivity index (χ0) is 15.6. The highest BCUT2D eigenvalue weighted by Crippen LogP contribution is 2.70. The zero-order valence-electron chi connectivity index (χ0n) is 11.0. The molecule has 120 valence electrons. The van der Waals surface area contributed by atoms with Crippen molar-refractivity contribution < 1.29 is 33.8 Å². The molecule has 0 bridgehead atoms. The van der Waals surface area contributed by atoms with Crippen molar-refractivity contribution >= 4 is 27.8 Å². The summed E-state index contributed by atoms with van der Waals surface area (Å²) in [6, 6.07) is 0. The first-order chi connectivity index (χ1) is 9.03. The van der Waals surface area contributed by atoms with Gasteiger partial charge in [0.1, 0.15) is 0 Å². The highest BCUT2D eigenvalue weighted by atomic mass is 32.1. The second-order valence-electron chi connectivity index (χ2n) is 5.38. The van der Waals surface area contributed by atoms with Crippen LogP contribution in [-0.2, 0) is 9.13 Å². The SMILES string of the molecule is O=P(O)(O)C(O)(CC1CCCC1CCCS)P(=O)(O)O. The van der Waals surface area contributed by atoms with Gasteiger partial charge >= 0.3 is 15.2 Å². The number of thiol groups is 1. The van der Waals surface area contributed by atoms with E-state index in [-0.39, 0.29) is 11.8 Å². The fourth-order valence-corrected chi connectivity index (χ4v) is 5.36. The molecule has 0 heterocycles. The Morgan fingerprint density at radius 2 is 1.55 bits per heavy atom. The van der Waals surface area contributed by atoms with Crippen LogP contribution in [-0.4, -0.2) is 35.5 Å². The summed E-state index contributed by atoms with van der Waals surface area (Å²) < 4.78 is 22.7. The van der Waals surface area contributed by atoms with Crippen LogP contribution in [0.1, 0.15) is 38.5 Å². The van der Waals surface area contributed by atoms with E-state index in [9.17, 15) is 14.2 Å². The zero-order valence-corrected chi connectivity index (χ0v) is 13.7. The Balaban J connectivity index is 2.91. The summed E-state index contributed by atoms with van der Waals surface area (Å²) in [6.07, 6.45) is 3.33. The molecule has 0 spiro atoms. The standard InChI is InChI=1S/C10H22O7P2S/c11-10(18(12,13)14,19(15,16)17)7-9-4-1-3-8(9)5-2-6-20/h8-9,11,20H,1-7H2,(H2,12,13,14)(H2,15,16,17). The molecule has 5 N–H and O–H groups in total. The first-order valence-electron chi connectivity index (χ1n) is 6.47. The topological polar surface area (TPSA) is 135 Å². The smallest absolute Gasteiger partial charge is 0.368 e. The van der Waals surface area contributed by atoms with E-state index in [1.165, 1.54) is 0 Å². The predicted octanol–water partition coefficient (Wildman–Crippen LogP) is 1.50. The molecule has 7 nitrogen and oxygen atoms in total. The number of hydrogen-bond acceptors (Lipinski definition) is 4. The van der Waals surface area contributed by atoms with Crippen LogP contribution in [0.2, 0.25) is 0 Å². The van der Waals surface area contributed by atoms with Crippen LogP contribution < -0.4 is 0 Å². The molecule has 0 aliphatic heterocycles. The van der Waals surface area contributed by atoms with Crippen molar-refractivity contribution in [3.63, 3.8) is 0 Å². The summed E-state index contributed by atoms with van der Waals surface area (Å²) in [6.45, 7) is 0. The maximum absolute atomic E-state index is 11.3. The van der Waals surface area contributed by atoms with Gasteiger partial charge in [0.05, 0.1) is 0 Å². The van der Waals surface area contributed by atoms with E-state index in [4.69, 9.17) is 19.6 Å². The van der Waals surface area contributed by atoms with Gasteiger partial charge in [-0.05, 0) is 30.4 Å². The predicted molar refractivity (Wildman–Crippen MR) is 77.6 cm³/mol. The number of rotatable bonds is 7. The van der Waals surface area contributed by atoms with Crippen molar-refractivity contribution in [2.24, 2.45) is 11.8 Å². The minimum Gasteiger partial charge on any atom is -0.368 e. The van der Waals surface area contributed by atoms with Gasteiger partial charge in [0.25, 0.3) is 5.08 Å². The molecule has 1 aliphatic rings. The average Bonchev–Trinajstić information content (AvgIpc) is 2.70. The lowest BCUT2D eigenvalue weighted by Crippen LogP contribution is -2.32. The van der Waals surface area contributed by atoms with Gasteiger partial charge in [-0.3, -0.25) is 9.13 Å². The molecule has 0 aromatic rings. The molecule has 1 fully saturated rings. The highest BCUT2D eigenvalue weighted by Gasteiger charge is 2.60. The Kier molecular flexibility index (Phi) is 6.34. The van der Waals surface area contributed by atoms with E-state index < -0.39 is 26.7 Å². The third kappa shape index (κ3) is 4.08. The van der Waals surface area contributed by atoms with Gasteiger partial charge in [-0.15, -0.1) is 0 Å². The van der Waals surface area contributed by atoms with Gasteiger partial charge in [-0.2, -0.15) is 12.6 Å². The molecule has 2 atom stereocenters. The molecule has 0 amide bonds. The van der Waals surface area contributed by atoms with E-state index in [1.54, 1.807) is 0 Å². The van der Waals surface area contributed by atoms with Crippen LogP contribution in [0.4, 0.5) is 0 Å². The van der Waals surface area contributed by atoms with Gasteiger partial charge < -0.3 is 24.7 Å². The first kappa shape index (κ1) is 18.7. The number of hydrogen-bond donors (Lipinski definition) is 6. The van der Waals surface area contributed by atoms with Gasteiger partial charge in [-0.25, -0.2) is 0 Å². The second kappa shape index (κ2) is 6.80. The fraction of sp³-hybridized carbons (Fsp3) is 1.00. The first-order valence-corrected chi connectivity index (χ1v) is 10.3. The van der Waals surface area contributed by atoms with Crippen LogP contribution in [0, 0.1) is 11.8 Å². The fourth-order valence-electron chi connectivity index (χ4n) is 2.88. The summed E-state index contributed by atoms with van der Waals surface area (Å²) >= 11 is 4.10. The van der Waals surface area contributed by atoms with Crippen molar-refractivity contribution in [3.05, 3.63) is 0 Å². The Hall–Kier alpha value is 0.610. The molecule has 0 aromatic heterocycles. The monoisotopic (exact) mass is 348 g/mol. The van der Waals surface area contributed by atoms with E-state index in [0.29, 0.717) is 12.2 Å². The average molecular weight is 348 g/mol. The van der Waals surface area contributed by atoms with Crippen LogP contribution >= 0.6 is 27.8 Å². The number of aliphatic hydroxyl groups is 1. The maximum Gasteiger partial charge on any atom is 0.369 e. The molecule has 20 heavy (non-hydrogen) atoms. The summed E-state index contributed by atoms with van der Waals surface area (Å²) in [5.74, 6) is 0.511. The summed E-state index contributed by atoms with van der Waals surface area (Å²) in [5.41, 5.74) is 0. The molecule has 2 unspecified atom stereocenters. The minimum atomic E-state index is -5.34. The van der Waals surface area contributed by atoms with Crippen LogP contribution in [0.3, 0.4) is 0 Å². The molecule has 1 aliphatic carbocycles. The summed E-state index contributed by atoms with van der Waals surface area (Å²) in [7, 11) is -10.7. The van der Waals surface area contributed by atoms with Crippen molar-refractivity contribution in [2.75, 3.05) is 5.75 Å². The highest BCUT2D eigenvalue weighted by molar-refractivity contribution is 7.80. The van der Waals surface area contributed by atoms with Crippen LogP contribution in [0.25, 0.3) is 0 Å². The Morgan fingerprint density at radius 3 is 2.00 bits per heavy atom. The molecule has 0 saturated heterocycles. The Labute approximate surface area is 123 Å². The van der Waals surface area contributed by atoms with Crippen molar-refractivity contribution in [3.8, 4) is 0 Å². The Morgan fingerprint density at radius 1 is 1.05 bits per heavy atom. The lowest BCUT2D eigenvalue weighted by Gasteiger charge is -2.33. The second-order valence-corrected chi connectivity index (χ2v) is 9.84.